The van der Waals surface area contributed by atoms with Crippen molar-refractivity contribution in [2.45, 2.75) is 402 Å². The molecule has 11 heteroatoms. The van der Waals surface area contributed by atoms with Crippen LogP contribution in [0.2, 0.25) is 0 Å². The van der Waals surface area contributed by atoms with Crippen molar-refractivity contribution in [1.29, 1.82) is 0 Å². The average molecular weight is 1490 g/mol. The van der Waals surface area contributed by atoms with Gasteiger partial charge in [-0.2, -0.15) is 0 Å². The smallest absolute Gasteiger partial charge is 0.164 e. The Morgan fingerprint density at radius 2 is 0.804 bits per heavy atom. The van der Waals surface area contributed by atoms with E-state index in [0.717, 1.165) is 157 Å². The highest BCUT2D eigenvalue weighted by molar-refractivity contribution is 5.99. The summed E-state index contributed by atoms with van der Waals surface area (Å²) in [6, 6.07) is 12.4. The summed E-state index contributed by atoms with van der Waals surface area (Å²) in [6.45, 7) is 60.0. The topological polar surface area (TPSA) is 111 Å². The van der Waals surface area contributed by atoms with Gasteiger partial charge in [0.2, 0.25) is 0 Å². The third-order valence-corrected chi connectivity index (χ3v) is 23.8. The number of Topliss-reactive ketones (excluding diaryl/α,β-unsaturated/α-hetero) is 5. The van der Waals surface area contributed by atoms with Gasteiger partial charge in [0, 0.05) is 166 Å². The van der Waals surface area contributed by atoms with Crippen LogP contribution >= 0.6 is 0 Å². The molecule has 0 aromatic heterocycles. The molecule has 0 bridgehead atoms. The number of benzene rings is 1. The summed E-state index contributed by atoms with van der Waals surface area (Å²) in [5.74, 6) is 1.68. The first-order valence-corrected chi connectivity index (χ1v) is 43.9. The average Bonchev–Trinajstić information content (AvgIpc) is 0.806. The lowest BCUT2D eigenvalue weighted by atomic mass is 9.69. The van der Waals surface area contributed by atoms with Crippen molar-refractivity contribution >= 4 is 28.9 Å². The predicted molar refractivity (Wildman–Crippen MR) is 459 cm³/mol. The molecule has 6 rings (SSSR count). The molecule has 1 aromatic rings. The van der Waals surface area contributed by atoms with Crippen LogP contribution < -0.4 is 0 Å². The van der Waals surface area contributed by atoms with Gasteiger partial charge in [-0.15, -0.1) is 0 Å². The summed E-state index contributed by atoms with van der Waals surface area (Å²) in [6.07, 6.45) is 48.0. The Balaban J connectivity index is 0.000000456. The number of carbonyl (C=O) groups is 5. The van der Waals surface area contributed by atoms with Gasteiger partial charge in [0.1, 0.15) is 0 Å². The third-order valence-electron chi connectivity index (χ3n) is 23.8. The fourth-order valence-corrected chi connectivity index (χ4v) is 15.8. The van der Waals surface area contributed by atoms with Crippen LogP contribution in [0.4, 0.5) is 0 Å². The maximum atomic E-state index is 12.9. The number of rotatable bonds is 42. The van der Waals surface area contributed by atoms with Crippen LogP contribution in [0.3, 0.4) is 0 Å². The van der Waals surface area contributed by atoms with Crippen LogP contribution in [0.1, 0.15) is 377 Å². The number of allylic oxidation sites excluding steroid dienone is 8. The molecule has 11 nitrogen and oxygen atoms in total. The lowest BCUT2D eigenvalue weighted by Crippen LogP contribution is -2.41. The van der Waals surface area contributed by atoms with E-state index in [1.807, 2.05) is 19.1 Å². The van der Waals surface area contributed by atoms with E-state index < -0.39 is 0 Å². The molecule has 612 valence electrons. The molecule has 0 fully saturated rings. The highest BCUT2D eigenvalue weighted by atomic mass is 16.5. The molecule has 1 aromatic carbocycles. The lowest BCUT2D eigenvalue weighted by molar-refractivity contribution is -0.118. The minimum absolute atomic E-state index is 0.00527. The summed E-state index contributed by atoms with van der Waals surface area (Å²) in [7, 11) is 0. The fraction of sp³-hybridized carbons (Fsp3) is 0.760. The van der Waals surface area contributed by atoms with Crippen LogP contribution in [0.25, 0.3) is 0 Å². The second-order valence-electron chi connectivity index (χ2n) is 35.7. The van der Waals surface area contributed by atoms with Crippen molar-refractivity contribution in [2.24, 2.45) is 27.1 Å². The standard InChI is InChI=1S/C22H41NO.C21H31NO.C21H39NO.C17H29NO.C15H27NO2/c1-6-9-10-11-12-13-14-15-21(24)20-18-23(19(4)5)17-16-22(20,7-2)8-3;1-4-5-6-10-13-20(23)19-17-22(15-14-21(19,2)3)16-18-11-8-7-9-12-18;1-7-8-9-10-11-12-13-14-19(23)20-18(4)22(17(2)3)16-15-21(20,5)6;1-6-7-8-9-10-16(19)15-13-18(14(2)3)12-11-17(15,4)5;1-6-18-10-7-14(17)13-11-16(12(2)3)9-8-15(13,4)5/h18-19H,6-17H2,1-5H3;7-9,11-12,17H,4-6,10,13-16H2,1-3H3;17H,7-16H2,1-6H3;8-9,13-14H,6-7,10-12H2,1-5H3;11-12H,6-10H2,1-5H3/b;;;9-8+;. The maximum Gasteiger partial charge on any atom is 0.164 e. The summed E-state index contributed by atoms with van der Waals surface area (Å²) in [4.78, 5) is 74.8. The second-order valence-corrected chi connectivity index (χ2v) is 35.7. The number of ether oxygens (including phenoxy) is 1. The van der Waals surface area contributed by atoms with Crippen molar-refractivity contribution in [3.8, 4) is 0 Å². The van der Waals surface area contributed by atoms with Crippen LogP contribution in [0.5, 0.6) is 0 Å². The van der Waals surface area contributed by atoms with E-state index >= 15 is 0 Å². The van der Waals surface area contributed by atoms with Crippen LogP contribution in [-0.4, -0.2) is 124 Å². The van der Waals surface area contributed by atoms with Gasteiger partial charge in [0.05, 0.1) is 6.61 Å². The Labute approximate surface area is 660 Å². The Bertz CT molecular complexity index is 2910. The number of ketones is 5. The third kappa shape index (κ3) is 35.1. The van der Waals surface area contributed by atoms with E-state index in [1.54, 1.807) is 0 Å². The molecular weight excluding hydrogens is 1320 g/mol. The molecule has 0 spiro atoms. The van der Waals surface area contributed by atoms with Crippen molar-refractivity contribution in [3.05, 3.63) is 106 Å². The molecule has 0 amide bonds. The number of carbonyl (C=O) groups excluding carboxylic acids is 5. The van der Waals surface area contributed by atoms with Crippen LogP contribution in [0.15, 0.2) is 101 Å². The molecule has 0 saturated heterocycles. The highest BCUT2D eigenvalue weighted by Gasteiger charge is 2.40. The molecule has 0 atom stereocenters. The molecule has 0 aliphatic carbocycles. The van der Waals surface area contributed by atoms with Gasteiger partial charge in [0.25, 0.3) is 0 Å². The van der Waals surface area contributed by atoms with E-state index in [4.69, 9.17) is 4.74 Å². The Morgan fingerprint density at radius 1 is 0.411 bits per heavy atom. The number of unbranched alkanes of at least 4 members (excludes halogenated alkanes) is 16. The Hall–Kier alpha value is -5.03. The zero-order valence-corrected chi connectivity index (χ0v) is 74.1. The minimum atomic E-state index is -0.00527. The molecule has 5 aliphatic heterocycles. The number of nitrogens with zero attached hydrogens (tertiary/aromatic N) is 5. The van der Waals surface area contributed by atoms with E-state index in [-0.39, 0.29) is 38.6 Å². The summed E-state index contributed by atoms with van der Waals surface area (Å²) in [5, 5.41) is 0. The first-order valence-electron chi connectivity index (χ1n) is 43.9. The molecule has 0 radical (unpaired) electrons. The molecule has 0 N–H and O–H groups in total. The first kappa shape index (κ1) is 98.0. The van der Waals surface area contributed by atoms with Crippen molar-refractivity contribution in [3.63, 3.8) is 0 Å². The largest absolute Gasteiger partial charge is 0.381 e. The number of hydrogen-bond donors (Lipinski definition) is 0. The second kappa shape index (κ2) is 51.5. The summed E-state index contributed by atoms with van der Waals surface area (Å²) in [5.41, 5.74) is 7.92. The Kier molecular flexibility index (Phi) is 47.2. The summed E-state index contributed by atoms with van der Waals surface area (Å²) < 4.78 is 5.28. The molecule has 0 unspecified atom stereocenters. The van der Waals surface area contributed by atoms with Gasteiger partial charge in [-0.25, -0.2) is 0 Å². The van der Waals surface area contributed by atoms with Gasteiger partial charge in [-0.3, -0.25) is 24.0 Å². The fourth-order valence-electron chi connectivity index (χ4n) is 15.8. The number of hydrogen-bond acceptors (Lipinski definition) is 11. The van der Waals surface area contributed by atoms with E-state index in [2.05, 4.69) is 239 Å². The van der Waals surface area contributed by atoms with E-state index in [0.29, 0.717) is 74.0 Å². The first-order chi connectivity index (χ1) is 50.6. The predicted octanol–water partition coefficient (Wildman–Crippen LogP) is 25.3. The van der Waals surface area contributed by atoms with Gasteiger partial charge in [-0.1, -0.05) is 242 Å². The van der Waals surface area contributed by atoms with Gasteiger partial charge in [0.15, 0.2) is 28.9 Å². The van der Waals surface area contributed by atoms with Gasteiger partial charge in [-0.05, 0) is 167 Å². The van der Waals surface area contributed by atoms with E-state index in [9.17, 15) is 24.0 Å². The monoisotopic (exact) mass is 1490 g/mol. The summed E-state index contributed by atoms with van der Waals surface area (Å²) >= 11 is 0. The van der Waals surface area contributed by atoms with E-state index in [1.165, 1.54) is 108 Å². The minimum Gasteiger partial charge on any atom is -0.381 e. The van der Waals surface area contributed by atoms with Gasteiger partial charge < -0.3 is 29.2 Å². The zero-order chi connectivity index (χ0) is 80.4. The molecule has 0 saturated carbocycles. The van der Waals surface area contributed by atoms with Gasteiger partial charge >= 0.3 is 0 Å². The maximum absolute atomic E-state index is 12.9. The normalized spacial score (nSPS) is 18.0. The highest BCUT2D eigenvalue weighted by Crippen LogP contribution is 2.45. The SMILES string of the molecule is CCC/C=C/CC(=O)C1=CN(C(C)C)CCC1(C)C.CCCCCCC(=O)C1=CN(Cc2ccccc2)CCC1(C)C.CCCCCCCCCC(=O)C1=C(C)N(C(C)C)CCC1(C)C.CCCCCCCCCC(=O)C1=CN(C(C)C)CCC1(CC)CC.CCOCCC(=O)C1=CN(C(C)C)CCC1(C)C. The molecular formula is C96H167N5O6. The van der Waals surface area contributed by atoms with Crippen LogP contribution in [-0.2, 0) is 35.3 Å². The Morgan fingerprint density at radius 3 is 1.25 bits per heavy atom. The zero-order valence-electron chi connectivity index (χ0n) is 74.1. The lowest BCUT2D eigenvalue weighted by Gasteiger charge is -2.42. The van der Waals surface area contributed by atoms with Crippen molar-refractivity contribution < 1.29 is 28.7 Å². The molecule has 107 heavy (non-hydrogen) atoms. The molecule has 5 aliphatic rings. The van der Waals surface area contributed by atoms with Crippen molar-refractivity contribution in [2.75, 3.05) is 45.9 Å². The van der Waals surface area contributed by atoms with Crippen LogP contribution in [0, 0.1) is 27.1 Å². The van der Waals surface area contributed by atoms with Crippen molar-refractivity contribution in [1.82, 2.24) is 24.5 Å². The molecule has 5 heterocycles. The quantitative estimate of drug-likeness (QED) is 0.0461.